The Balaban J connectivity index is 1.83. The van der Waals surface area contributed by atoms with E-state index in [-0.39, 0.29) is 18.6 Å². The number of ether oxygens (including phenoxy) is 1. The van der Waals surface area contributed by atoms with Crippen molar-refractivity contribution in [3.05, 3.63) is 45.8 Å². The van der Waals surface area contributed by atoms with E-state index < -0.39 is 0 Å². The number of hydrogen-bond acceptors (Lipinski definition) is 7. The van der Waals surface area contributed by atoms with E-state index >= 15 is 0 Å². The molecular formula is C17H20Cl2N6O2. The zero-order chi connectivity index (χ0) is 19.4. The first-order valence-electron chi connectivity index (χ1n) is 8.40. The van der Waals surface area contributed by atoms with Crippen LogP contribution in [-0.2, 0) is 6.42 Å². The van der Waals surface area contributed by atoms with Crippen LogP contribution in [-0.4, -0.2) is 43.9 Å². The van der Waals surface area contributed by atoms with Gasteiger partial charge in [-0.3, -0.25) is 0 Å². The fraction of sp³-hybridized carbons (Fsp3) is 0.353. The van der Waals surface area contributed by atoms with Crippen LogP contribution in [0.15, 0.2) is 24.7 Å². The zero-order valence-electron chi connectivity index (χ0n) is 14.5. The van der Waals surface area contributed by atoms with Crippen molar-refractivity contribution in [3.8, 4) is 5.75 Å². The molecule has 0 saturated carbocycles. The Labute approximate surface area is 166 Å². The number of benzene rings is 1. The van der Waals surface area contributed by atoms with Crippen LogP contribution in [0.1, 0.15) is 24.0 Å². The summed E-state index contributed by atoms with van der Waals surface area (Å²) in [6.45, 7) is 0.403. The van der Waals surface area contributed by atoms with Gasteiger partial charge in [-0.15, -0.1) is 0 Å². The Morgan fingerprint density at radius 2 is 2.07 bits per heavy atom. The van der Waals surface area contributed by atoms with Gasteiger partial charge in [0.15, 0.2) is 5.65 Å². The molecule has 0 aliphatic heterocycles. The van der Waals surface area contributed by atoms with Gasteiger partial charge >= 0.3 is 0 Å². The zero-order valence-corrected chi connectivity index (χ0v) is 16.0. The van der Waals surface area contributed by atoms with Crippen LogP contribution >= 0.6 is 23.2 Å². The van der Waals surface area contributed by atoms with Crippen LogP contribution in [0, 0.1) is 0 Å². The van der Waals surface area contributed by atoms with Gasteiger partial charge in [-0.05, 0) is 25.0 Å². The van der Waals surface area contributed by atoms with Gasteiger partial charge in [-0.1, -0.05) is 23.2 Å². The fourth-order valence-electron chi connectivity index (χ4n) is 2.69. The highest BCUT2D eigenvalue weighted by Crippen LogP contribution is 2.35. The molecule has 3 rings (SSSR count). The number of fused-ring (bicyclic) bond motifs is 1. The summed E-state index contributed by atoms with van der Waals surface area (Å²) in [7, 11) is 0. The molecule has 0 fully saturated rings. The molecule has 0 bridgehead atoms. The van der Waals surface area contributed by atoms with Gasteiger partial charge in [0.2, 0.25) is 5.95 Å². The first-order valence-corrected chi connectivity index (χ1v) is 9.16. The van der Waals surface area contributed by atoms with Crippen molar-refractivity contribution in [3.63, 3.8) is 0 Å². The van der Waals surface area contributed by atoms with E-state index in [1.807, 2.05) is 0 Å². The summed E-state index contributed by atoms with van der Waals surface area (Å²) in [4.78, 5) is 8.15. The molecule has 3 aromatic rings. The molecule has 0 saturated heterocycles. The molecule has 27 heavy (non-hydrogen) atoms. The molecule has 0 radical (unpaired) electrons. The SMILES string of the molecule is Nc1ncnc2c(Cc3c(OCCC[C@@H](N)CO)ccc(Cl)c3Cl)cnn12. The molecule has 0 aliphatic carbocycles. The lowest BCUT2D eigenvalue weighted by atomic mass is 10.1. The summed E-state index contributed by atoms with van der Waals surface area (Å²) in [5.74, 6) is 0.878. The lowest BCUT2D eigenvalue weighted by Crippen LogP contribution is -2.24. The Bertz CT molecular complexity index is 933. The van der Waals surface area contributed by atoms with Crippen molar-refractivity contribution in [1.82, 2.24) is 19.6 Å². The topological polar surface area (TPSA) is 125 Å². The average Bonchev–Trinajstić information content (AvgIpc) is 3.08. The van der Waals surface area contributed by atoms with Gasteiger partial charge in [0.05, 0.1) is 29.5 Å². The number of nitrogens with two attached hydrogens (primary N) is 2. The Kier molecular flexibility index (Phi) is 6.33. The predicted molar refractivity (Wildman–Crippen MR) is 104 cm³/mol. The van der Waals surface area contributed by atoms with Gasteiger partial charge in [0, 0.05) is 23.6 Å². The highest BCUT2D eigenvalue weighted by atomic mass is 35.5. The highest BCUT2D eigenvalue weighted by molar-refractivity contribution is 6.42. The lowest BCUT2D eigenvalue weighted by molar-refractivity contribution is 0.244. The predicted octanol–water partition coefficient (Wildman–Crippen LogP) is 2.08. The second-order valence-electron chi connectivity index (χ2n) is 6.09. The molecule has 1 aromatic carbocycles. The van der Waals surface area contributed by atoms with E-state index in [1.165, 1.54) is 10.8 Å². The number of anilines is 1. The standard InChI is InChI=1S/C17H20Cl2N6O2/c18-13-3-4-14(27-5-1-2-11(20)8-26)12(15(13)19)6-10-7-24-25-16(10)22-9-23-17(25)21/h3-4,7,9,11,26H,1-2,5-6,8,20H2,(H2,21,22,23)/t11-/m1/s1. The monoisotopic (exact) mass is 410 g/mol. The van der Waals surface area contributed by atoms with Crippen LogP contribution < -0.4 is 16.2 Å². The third-order valence-corrected chi connectivity index (χ3v) is 4.98. The maximum atomic E-state index is 8.99. The number of aliphatic hydroxyl groups is 1. The summed E-state index contributed by atoms with van der Waals surface area (Å²) < 4.78 is 7.35. The number of hydrogen-bond donors (Lipinski definition) is 3. The Hall–Kier alpha value is -2.13. The van der Waals surface area contributed by atoms with Crippen molar-refractivity contribution >= 4 is 34.8 Å². The van der Waals surface area contributed by atoms with E-state index in [1.54, 1.807) is 18.3 Å². The third-order valence-electron chi connectivity index (χ3n) is 4.14. The quantitative estimate of drug-likeness (QED) is 0.485. The van der Waals surface area contributed by atoms with E-state index in [9.17, 15) is 0 Å². The van der Waals surface area contributed by atoms with Crippen LogP contribution in [0.25, 0.3) is 5.65 Å². The minimum Gasteiger partial charge on any atom is -0.493 e. The molecule has 2 heterocycles. The number of aromatic nitrogens is 4. The summed E-state index contributed by atoms with van der Waals surface area (Å²) in [5.41, 5.74) is 13.7. The fourth-order valence-corrected chi connectivity index (χ4v) is 3.09. The van der Waals surface area contributed by atoms with E-state index in [0.717, 1.165) is 11.1 Å². The third kappa shape index (κ3) is 4.41. The summed E-state index contributed by atoms with van der Waals surface area (Å²) >= 11 is 12.6. The summed E-state index contributed by atoms with van der Waals surface area (Å²) in [6.07, 6.45) is 4.85. The normalized spacial score (nSPS) is 12.4. The molecule has 5 N–H and O–H groups in total. The first kappa shape index (κ1) is 19.6. The Morgan fingerprint density at radius 3 is 2.85 bits per heavy atom. The van der Waals surface area contributed by atoms with Crippen molar-refractivity contribution in [1.29, 1.82) is 0 Å². The number of nitrogen functional groups attached to an aromatic ring is 1. The summed E-state index contributed by atoms with van der Waals surface area (Å²) in [5, 5.41) is 14.1. The highest BCUT2D eigenvalue weighted by Gasteiger charge is 2.16. The largest absolute Gasteiger partial charge is 0.493 e. The van der Waals surface area contributed by atoms with Gasteiger partial charge in [0.25, 0.3) is 0 Å². The molecule has 0 aliphatic rings. The van der Waals surface area contributed by atoms with Crippen LogP contribution in [0.4, 0.5) is 5.95 Å². The summed E-state index contributed by atoms with van der Waals surface area (Å²) in [6, 6.07) is 3.23. The number of halogens is 2. The van der Waals surface area contributed by atoms with Crippen molar-refractivity contribution < 1.29 is 9.84 Å². The van der Waals surface area contributed by atoms with Gasteiger partial charge in [-0.2, -0.15) is 9.61 Å². The van der Waals surface area contributed by atoms with Gasteiger partial charge < -0.3 is 21.3 Å². The Morgan fingerprint density at radius 1 is 1.26 bits per heavy atom. The van der Waals surface area contributed by atoms with Crippen LogP contribution in [0.2, 0.25) is 10.0 Å². The number of nitrogens with zero attached hydrogens (tertiary/aromatic N) is 4. The molecule has 10 heteroatoms. The molecule has 0 amide bonds. The first-order chi connectivity index (χ1) is 13.0. The molecule has 144 valence electrons. The molecule has 1 atom stereocenters. The van der Waals surface area contributed by atoms with Crippen LogP contribution in [0.5, 0.6) is 5.75 Å². The minimum atomic E-state index is -0.245. The van der Waals surface area contributed by atoms with E-state index in [2.05, 4.69) is 15.1 Å². The second kappa shape index (κ2) is 8.71. The molecular weight excluding hydrogens is 391 g/mol. The maximum Gasteiger partial charge on any atom is 0.224 e. The van der Waals surface area contributed by atoms with Gasteiger partial charge in [-0.25, -0.2) is 9.97 Å². The van der Waals surface area contributed by atoms with Crippen LogP contribution in [0.3, 0.4) is 0 Å². The van der Waals surface area contributed by atoms with Crippen molar-refractivity contribution in [2.75, 3.05) is 18.9 Å². The minimum absolute atomic E-state index is 0.0439. The molecule has 2 aromatic heterocycles. The maximum absolute atomic E-state index is 8.99. The second-order valence-corrected chi connectivity index (χ2v) is 6.87. The molecule has 8 nitrogen and oxygen atoms in total. The van der Waals surface area contributed by atoms with E-state index in [0.29, 0.717) is 47.3 Å². The number of aliphatic hydroxyl groups excluding tert-OH is 1. The van der Waals surface area contributed by atoms with Gasteiger partial charge in [0.1, 0.15) is 12.1 Å². The molecule has 0 unspecified atom stereocenters. The lowest BCUT2D eigenvalue weighted by Gasteiger charge is -2.14. The smallest absolute Gasteiger partial charge is 0.224 e. The van der Waals surface area contributed by atoms with Crippen molar-refractivity contribution in [2.24, 2.45) is 5.73 Å². The average molecular weight is 411 g/mol. The molecule has 0 spiro atoms. The van der Waals surface area contributed by atoms with Crippen molar-refractivity contribution in [2.45, 2.75) is 25.3 Å². The number of rotatable bonds is 8. The van der Waals surface area contributed by atoms with E-state index in [4.69, 9.17) is 44.5 Å².